The van der Waals surface area contributed by atoms with Gasteiger partial charge in [-0.15, -0.1) is 11.3 Å². The Hall–Kier alpha value is -3.90. The van der Waals surface area contributed by atoms with Crippen LogP contribution in [-0.2, 0) is 32.5 Å². The van der Waals surface area contributed by atoms with Gasteiger partial charge < -0.3 is 19.7 Å². The molecule has 1 N–H and O–H groups in total. The first kappa shape index (κ1) is 28.1. The second-order valence-electron chi connectivity index (χ2n) is 8.55. The quantitative estimate of drug-likeness (QED) is 0.395. The minimum atomic E-state index is -3.85. The first-order valence-electron chi connectivity index (χ1n) is 12.3. The summed E-state index contributed by atoms with van der Waals surface area (Å²) in [5.41, 5.74) is 1.74. The number of anilines is 2. The standard InChI is InChI=1S/C27H29N3O7S2/c1-4-30(19-9-7-6-8-10-19)39(34,35)20-13-11-18(12-14-20)24(31)28-25-23(26(32)36-3)21-15-16-29(17-22(21)38-25)27(33)37-5-2/h6-14H,4-5,15-17H2,1-3H3,(H,28,31). The lowest BCUT2D eigenvalue weighted by Gasteiger charge is -2.26. The van der Waals surface area contributed by atoms with Crippen molar-refractivity contribution < 1.29 is 32.3 Å². The fourth-order valence-electron chi connectivity index (χ4n) is 4.35. The van der Waals surface area contributed by atoms with Crippen LogP contribution in [0.3, 0.4) is 0 Å². The van der Waals surface area contributed by atoms with Gasteiger partial charge in [-0.3, -0.25) is 9.10 Å². The Bertz CT molecular complexity index is 1470. The van der Waals surface area contributed by atoms with Crippen LogP contribution >= 0.6 is 11.3 Å². The fourth-order valence-corrected chi connectivity index (χ4v) is 7.07. The third-order valence-electron chi connectivity index (χ3n) is 6.24. The zero-order valence-electron chi connectivity index (χ0n) is 21.8. The highest BCUT2D eigenvalue weighted by Gasteiger charge is 2.31. The van der Waals surface area contributed by atoms with Crippen molar-refractivity contribution in [1.29, 1.82) is 0 Å². The van der Waals surface area contributed by atoms with E-state index >= 15 is 0 Å². The monoisotopic (exact) mass is 571 g/mol. The molecule has 206 valence electrons. The van der Waals surface area contributed by atoms with Gasteiger partial charge in [-0.05, 0) is 62.2 Å². The van der Waals surface area contributed by atoms with Crippen LogP contribution < -0.4 is 9.62 Å². The summed E-state index contributed by atoms with van der Waals surface area (Å²) in [5, 5.41) is 3.08. The third-order valence-corrected chi connectivity index (χ3v) is 9.28. The summed E-state index contributed by atoms with van der Waals surface area (Å²) in [5.74, 6) is -1.10. The van der Waals surface area contributed by atoms with Crippen LogP contribution in [-0.4, -0.2) is 58.1 Å². The van der Waals surface area contributed by atoms with E-state index in [-0.39, 0.29) is 35.7 Å². The van der Waals surface area contributed by atoms with Crippen molar-refractivity contribution >= 4 is 50.0 Å². The first-order chi connectivity index (χ1) is 18.7. The van der Waals surface area contributed by atoms with Gasteiger partial charge in [0.05, 0.1) is 36.4 Å². The van der Waals surface area contributed by atoms with E-state index in [1.807, 2.05) is 6.07 Å². The highest BCUT2D eigenvalue weighted by Crippen LogP contribution is 2.38. The summed E-state index contributed by atoms with van der Waals surface area (Å²) in [6, 6.07) is 14.4. The maximum absolute atomic E-state index is 13.3. The minimum absolute atomic E-state index is 0.0469. The Balaban J connectivity index is 1.57. The molecule has 4 rings (SSSR count). The number of para-hydroxylation sites is 1. The molecule has 3 aromatic rings. The number of thiophene rings is 1. The van der Waals surface area contributed by atoms with Gasteiger partial charge in [0.2, 0.25) is 0 Å². The predicted octanol–water partition coefficient (Wildman–Crippen LogP) is 4.52. The van der Waals surface area contributed by atoms with Gasteiger partial charge in [0, 0.05) is 23.5 Å². The van der Waals surface area contributed by atoms with Crippen molar-refractivity contribution in [2.75, 3.05) is 36.4 Å². The molecule has 0 fully saturated rings. The summed E-state index contributed by atoms with van der Waals surface area (Å²) in [7, 11) is -2.58. The average molecular weight is 572 g/mol. The molecule has 1 aliphatic rings. The van der Waals surface area contributed by atoms with Crippen LogP contribution in [0.5, 0.6) is 0 Å². The van der Waals surface area contributed by atoms with E-state index in [2.05, 4.69) is 5.32 Å². The number of carbonyl (C=O) groups is 3. The zero-order valence-corrected chi connectivity index (χ0v) is 23.4. The molecule has 1 aliphatic heterocycles. The van der Waals surface area contributed by atoms with Crippen molar-refractivity contribution in [3.8, 4) is 0 Å². The van der Waals surface area contributed by atoms with Crippen molar-refractivity contribution in [3.05, 3.63) is 76.2 Å². The highest BCUT2D eigenvalue weighted by atomic mass is 32.2. The number of esters is 1. The SMILES string of the molecule is CCOC(=O)N1CCc2c(sc(NC(=O)c3ccc(S(=O)(=O)N(CC)c4ccccc4)cc3)c2C(=O)OC)C1. The number of fused-ring (bicyclic) bond motifs is 1. The number of hydrogen-bond acceptors (Lipinski definition) is 8. The van der Waals surface area contributed by atoms with Crippen LogP contribution in [0.25, 0.3) is 0 Å². The van der Waals surface area contributed by atoms with Crippen LogP contribution in [0.4, 0.5) is 15.5 Å². The summed E-state index contributed by atoms with van der Waals surface area (Å²) >= 11 is 1.20. The van der Waals surface area contributed by atoms with Gasteiger partial charge in [0.1, 0.15) is 5.00 Å². The largest absolute Gasteiger partial charge is 0.465 e. The molecule has 39 heavy (non-hydrogen) atoms. The summed E-state index contributed by atoms with van der Waals surface area (Å²) in [6.45, 7) is 4.59. The number of hydrogen-bond donors (Lipinski definition) is 1. The number of sulfonamides is 1. The number of nitrogens with one attached hydrogen (secondary N) is 1. The Labute approximate surface area is 231 Å². The smallest absolute Gasteiger partial charge is 0.410 e. The van der Waals surface area contributed by atoms with Gasteiger partial charge in [-0.25, -0.2) is 18.0 Å². The van der Waals surface area contributed by atoms with E-state index in [4.69, 9.17) is 9.47 Å². The second kappa shape index (κ2) is 11.9. The van der Waals surface area contributed by atoms with Gasteiger partial charge in [0.15, 0.2) is 0 Å². The topological polar surface area (TPSA) is 122 Å². The molecule has 0 bridgehead atoms. The van der Waals surface area contributed by atoms with Gasteiger partial charge >= 0.3 is 12.1 Å². The molecule has 0 aliphatic carbocycles. The van der Waals surface area contributed by atoms with E-state index in [0.29, 0.717) is 23.7 Å². The Morgan fingerprint density at radius 1 is 1.05 bits per heavy atom. The number of methoxy groups -OCH3 is 1. The third kappa shape index (κ3) is 5.76. The second-order valence-corrected chi connectivity index (χ2v) is 11.5. The summed E-state index contributed by atoms with van der Waals surface area (Å²) in [4.78, 5) is 40.3. The molecule has 2 heterocycles. The molecule has 0 spiro atoms. The van der Waals surface area contributed by atoms with Crippen LogP contribution in [0.2, 0.25) is 0 Å². The van der Waals surface area contributed by atoms with E-state index in [1.165, 1.54) is 47.0 Å². The molecule has 2 amide bonds. The average Bonchev–Trinajstić information content (AvgIpc) is 3.30. The fraction of sp³-hybridized carbons (Fsp3) is 0.296. The van der Waals surface area contributed by atoms with Crippen LogP contribution in [0.15, 0.2) is 59.5 Å². The van der Waals surface area contributed by atoms with Crippen molar-refractivity contribution in [2.24, 2.45) is 0 Å². The molecule has 0 unspecified atom stereocenters. The van der Waals surface area contributed by atoms with E-state index in [1.54, 1.807) is 43.0 Å². The van der Waals surface area contributed by atoms with Crippen molar-refractivity contribution in [3.63, 3.8) is 0 Å². The minimum Gasteiger partial charge on any atom is -0.465 e. The number of amides is 2. The van der Waals surface area contributed by atoms with Gasteiger partial charge in [-0.2, -0.15) is 0 Å². The van der Waals surface area contributed by atoms with Crippen LogP contribution in [0, 0.1) is 0 Å². The number of carbonyl (C=O) groups excluding carboxylic acids is 3. The van der Waals surface area contributed by atoms with Crippen molar-refractivity contribution in [2.45, 2.75) is 31.7 Å². The summed E-state index contributed by atoms with van der Waals surface area (Å²) < 4.78 is 37.9. The lowest BCUT2D eigenvalue weighted by Crippen LogP contribution is -2.36. The number of ether oxygens (including phenoxy) is 2. The molecule has 0 atom stereocenters. The van der Waals surface area contributed by atoms with Gasteiger partial charge in [-0.1, -0.05) is 18.2 Å². The predicted molar refractivity (Wildman–Crippen MR) is 148 cm³/mol. The zero-order chi connectivity index (χ0) is 28.2. The highest BCUT2D eigenvalue weighted by molar-refractivity contribution is 7.92. The van der Waals surface area contributed by atoms with Crippen LogP contribution in [0.1, 0.15) is 45.0 Å². The molecule has 10 nitrogen and oxygen atoms in total. The maximum Gasteiger partial charge on any atom is 0.410 e. The van der Waals surface area contributed by atoms with E-state index < -0.39 is 28.0 Å². The number of rotatable bonds is 8. The molecule has 12 heteroatoms. The maximum atomic E-state index is 13.3. The van der Waals surface area contributed by atoms with E-state index in [9.17, 15) is 22.8 Å². The Morgan fingerprint density at radius 2 is 1.74 bits per heavy atom. The molecule has 0 saturated carbocycles. The molecule has 0 radical (unpaired) electrons. The normalized spacial score (nSPS) is 12.8. The number of benzene rings is 2. The van der Waals surface area contributed by atoms with Crippen molar-refractivity contribution in [1.82, 2.24) is 4.90 Å². The van der Waals surface area contributed by atoms with E-state index in [0.717, 1.165) is 10.4 Å². The lowest BCUT2D eigenvalue weighted by atomic mass is 10.0. The Kier molecular flexibility index (Phi) is 8.56. The molecule has 2 aromatic carbocycles. The first-order valence-corrected chi connectivity index (χ1v) is 14.6. The molecule has 0 saturated heterocycles. The van der Waals surface area contributed by atoms with Gasteiger partial charge in [0.25, 0.3) is 15.9 Å². The molecule has 1 aromatic heterocycles. The molecular formula is C27H29N3O7S2. The lowest BCUT2D eigenvalue weighted by molar-refractivity contribution is 0.0600. The number of nitrogens with zero attached hydrogens (tertiary/aromatic N) is 2. The summed E-state index contributed by atoms with van der Waals surface area (Å²) in [6.07, 6.45) is -0.0296. The molecular weight excluding hydrogens is 542 g/mol. The Morgan fingerprint density at radius 3 is 2.36 bits per heavy atom.